The van der Waals surface area contributed by atoms with Gasteiger partial charge in [-0.25, -0.2) is 14.0 Å². The van der Waals surface area contributed by atoms with E-state index in [1.54, 1.807) is 0 Å². The molecule has 16 heteroatoms. The number of hydrogen-bond acceptors (Lipinski definition) is 12. The number of ketones is 1. The molecule has 0 amide bonds. The third-order valence-electron chi connectivity index (χ3n) is 17.2. The topological polar surface area (TPSA) is 247 Å². The van der Waals surface area contributed by atoms with E-state index in [1.807, 2.05) is 26.8 Å². The summed E-state index contributed by atoms with van der Waals surface area (Å²) in [5.41, 5.74) is -1.93. The predicted molar refractivity (Wildman–Crippen MR) is 198 cm³/mol. The van der Waals surface area contributed by atoms with Gasteiger partial charge in [0.05, 0.1) is 11.5 Å². The summed E-state index contributed by atoms with van der Waals surface area (Å²) in [5.74, 6) is -4.67. The van der Waals surface area contributed by atoms with Crippen LogP contribution >= 0.6 is 0 Å². The molecule has 0 spiro atoms. The Labute approximate surface area is 337 Å². The van der Waals surface area contributed by atoms with Gasteiger partial charge in [-0.3, -0.25) is 9.59 Å². The summed E-state index contributed by atoms with van der Waals surface area (Å²) in [4.78, 5) is 51.2. The third kappa shape index (κ3) is 6.24. The van der Waals surface area contributed by atoms with E-state index < -0.39 is 107 Å². The van der Waals surface area contributed by atoms with Crippen molar-refractivity contribution in [1.82, 2.24) is 0 Å². The Morgan fingerprint density at radius 2 is 1.34 bits per heavy atom. The number of carbonyl (C=O) groups excluding carboxylic acids is 1. The van der Waals surface area contributed by atoms with Gasteiger partial charge in [-0.15, -0.1) is 0 Å². The third-order valence-corrected chi connectivity index (χ3v) is 17.2. The Morgan fingerprint density at radius 1 is 0.741 bits per heavy atom. The van der Waals surface area contributed by atoms with Crippen LogP contribution in [0.4, 0.5) is 4.39 Å². The van der Waals surface area contributed by atoms with E-state index in [9.17, 15) is 54.9 Å². The number of halogens is 1. The molecule has 2 heterocycles. The maximum absolute atomic E-state index is 16.1. The number of carboxylic acid groups (broad SMARTS) is 3. The summed E-state index contributed by atoms with van der Waals surface area (Å²) >= 11 is 0. The Hall–Kier alpha value is -2.57. The van der Waals surface area contributed by atoms with Crippen LogP contribution in [-0.4, -0.2) is 127 Å². The molecule has 15 nitrogen and oxygen atoms in total. The fourth-order valence-corrected chi connectivity index (χ4v) is 13.3. The van der Waals surface area contributed by atoms with E-state index >= 15 is 4.39 Å². The Kier molecular flexibility index (Phi) is 10.7. The highest BCUT2D eigenvalue weighted by atomic mass is 19.1. The number of ether oxygens (including phenoxy) is 4. The van der Waals surface area contributed by atoms with Gasteiger partial charge in [-0.1, -0.05) is 47.1 Å². The van der Waals surface area contributed by atoms with Crippen LogP contribution in [0.1, 0.15) is 106 Å². The highest BCUT2D eigenvalue weighted by Crippen LogP contribution is 2.75. The Bertz CT molecular complexity index is 1740. The maximum Gasteiger partial charge on any atom is 0.335 e. The number of rotatable bonds is 7. The first-order valence-corrected chi connectivity index (χ1v) is 20.7. The van der Waals surface area contributed by atoms with Crippen molar-refractivity contribution in [2.45, 2.75) is 174 Å². The molecule has 7 rings (SSSR count). The lowest BCUT2D eigenvalue weighted by atomic mass is 9.33. The Balaban J connectivity index is 1.17. The molecule has 0 aromatic rings. The fraction of sp³-hybridized carbons (Fsp3) is 0.857. The number of aliphatic hydroxyl groups excluding tert-OH is 4. The van der Waals surface area contributed by atoms with Crippen molar-refractivity contribution in [3.63, 3.8) is 0 Å². The average Bonchev–Trinajstić information content (AvgIpc) is 3.13. The number of allylic oxidation sites excluding steroid dienone is 2. The normalized spacial score (nSPS) is 52.6. The second-order valence-electron chi connectivity index (χ2n) is 20.6. The number of fused-ring (bicyclic) bond motifs is 7. The van der Waals surface area contributed by atoms with Crippen molar-refractivity contribution >= 4 is 23.7 Å². The fourth-order valence-electron chi connectivity index (χ4n) is 13.3. The lowest BCUT2D eigenvalue weighted by Gasteiger charge is -2.70. The first kappa shape index (κ1) is 43.5. The molecule has 2 saturated heterocycles. The number of carboxylic acids is 3. The second-order valence-corrected chi connectivity index (χ2v) is 20.6. The van der Waals surface area contributed by atoms with Gasteiger partial charge >= 0.3 is 17.9 Å². The van der Waals surface area contributed by atoms with Gasteiger partial charge in [0.2, 0.25) is 0 Å². The molecule has 5 aliphatic carbocycles. The van der Waals surface area contributed by atoms with E-state index in [0.29, 0.717) is 38.5 Å². The molecule has 2 aliphatic heterocycles. The van der Waals surface area contributed by atoms with E-state index in [1.165, 1.54) is 0 Å². The van der Waals surface area contributed by atoms with Crippen LogP contribution in [0.15, 0.2) is 11.6 Å². The highest BCUT2D eigenvalue weighted by Gasteiger charge is 2.71. The monoisotopic (exact) mass is 824 g/mol. The van der Waals surface area contributed by atoms with Gasteiger partial charge in [0, 0.05) is 5.92 Å². The van der Waals surface area contributed by atoms with Crippen LogP contribution in [0.25, 0.3) is 0 Å². The molecule has 0 unspecified atom stereocenters. The standard InChI is InChI=1S/C42H61FO15/c1-37(2)21-8-11-42(7)31(20(44)16-18-19-17-39(4,36(53)54)13-12-38(19,3)14-15-41(18,42)6)40(21,5)10-9-22(37)55-35-28(23(43)24(45)29(58-35)32(49)50)56-34-27(48)25(46)26(47)30(57-34)33(51)52/h16,19,21-31,34-35,45-48H,8-15,17H2,1-7H3,(H,49,50)(H,51,52)(H,53,54)/t19-,21-,22-,23-,24-,25-,26-,27+,28+,29-,30-,31+,34+,35+,38+,39-,40-,41+,42+/m0/s1. The van der Waals surface area contributed by atoms with Crippen molar-refractivity contribution < 1.29 is 78.3 Å². The molecule has 6 fully saturated rings. The molecule has 0 radical (unpaired) electrons. The molecular weight excluding hydrogens is 763 g/mol. The number of alkyl halides is 1. The smallest absolute Gasteiger partial charge is 0.335 e. The summed E-state index contributed by atoms with van der Waals surface area (Å²) < 4.78 is 39.1. The average molecular weight is 825 g/mol. The summed E-state index contributed by atoms with van der Waals surface area (Å²) in [6, 6.07) is 0. The first-order valence-electron chi connectivity index (χ1n) is 20.7. The van der Waals surface area contributed by atoms with Crippen molar-refractivity contribution in [3.8, 4) is 0 Å². The lowest BCUT2D eigenvalue weighted by Crippen LogP contribution is -2.68. The zero-order valence-electron chi connectivity index (χ0n) is 34.3. The minimum absolute atomic E-state index is 0.0319. The second kappa shape index (κ2) is 14.2. The number of hydrogen-bond donors (Lipinski definition) is 7. The van der Waals surface area contributed by atoms with Crippen LogP contribution in [0.2, 0.25) is 0 Å². The van der Waals surface area contributed by atoms with Gasteiger partial charge < -0.3 is 54.7 Å². The van der Waals surface area contributed by atoms with Crippen molar-refractivity contribution in [2.24, 2.45) is 50.2 Å². The molecule has 19 atom stereocenters. The number of carbonyl (C=O) groups is 4. The zero-order chi connectivity index (χ0) is 42.9. The molecule has 0 bridgehead atoms. The molecule has 58 heavy (non-hydrogen) atoms. The summed E-state index contributed by atoms with van der Waals surface area (Å²) in [6.07, 6.45) is -13.9. The Morgan fingerprint density at radius 3 is 1.97 bits per heavy atom. The van der Waals surface area contributed by atoms with Crippen LogP contribution < -0.4 is 0 Å². The number of aliphatic hydroxyl groups is 4. The molecule has 326 valence electrons. The zero-order valence-corrected chi connectivity index (χ0v) is 34.3. The molecule has 7 N–H and O–H groups in total. The minimum Gasteiger partial charge on any atom is -0.481 e. The number of aliphatic carboxylic acids is 3. The van der Waals surface area contributed by atoms with Crippen molar-refractivity contribution in [1.29, 1.82) is 0 Å². The van der Waals surface area contributed by atoms with Gasteiger partial charge in [0.1, 0.15) is 30.5 Å². The maximum atomic E-state index is 16.1. The largest absolute Gasteiger partial charge is 0.481 e. The summed E-state index contributed by atoms with van der Waals surface area (Å²) in [5, 5.41) is 71.4. The van der Waals surface area contributed by atoms with E-state index in [0.717, 1.165) is 24.8 Å². The molecule has 0 aromatic heterocycles. The molecular formula is C42H61FO15. The van der Waals surface area contributed by atoms with Gasteiger partial charge in [0.15, 0.2) is 36.7 Å². The molecule has 4 saturated carbocycles. The van der Waals surface area contributed by atoms with Crippen molar-refractivity contribution in [3.05, 3.63) is 11.6 Å². The van der Waals surface area contributed by atoms with Crippen LogP contribution in [0.5, 0.6) is 0 Å². The van der Waals surface area contributed by atoms with Gasteiger partial charge in [-0.2, -0.15) is 0 Å². The molecule has 7 aliphatic rings. The van der Waals surface area contributed by atoms with E-state index in [2.05, 4.69) is 27.7 Å². The SMILES string of the molecule is CC1(C)[C@@H](O[C@@H]2O[C@H](C(=O)O)[C@@H](O)[C@H](F)[C@H]2O[C@@H]2O[C@H](C(=O)O)[C@@H](O)[C@H](O)[C@H]2O)CC[C@]2(C)[C@H]3C(=O)C=C4[C@@H]5C[C@@](C)(C(=O)O)CC[C@]5(C)CC[C@@]4(C)[C@]3(C)CC[C@@H]12. The van der Waals surface area contributed by atoms with Crippen molar-refractivity contribution in [2.75, 3.05) is 0 Å². The van der Waals surface area contributed by atoms with E-state index in [-0.39, 0.29) is 34.4 Å². The first-order chi connectivity index (χ1) is 26.8. The minimum atomic E-state index is -2.51. The predicted octanol–water partition coefficient (Wildman–Crippen LogP) is 3.22. The van der Waals surface area contributed by atoms with Crippen LogP contribution in [-0.2, 0) is 38.1 Å². The van der Waals surface area contributed by atoms with Gasteiger partial charge in [-0.05, 0) is 110 Å². The van der Waals surface area contributed by atoms with Crippen LogP contribution in [0, 0.1) is 50.2 Å². The lowest BCUT2D eigenvalue weighted by molar-refractivity contribution is -0.366. The highest BCUT2D eigenvalue weighted by molar-refractivity contribution is 5.95. The summed E-state index contributed by atoms with van der Waals surface area (Å²) in [7, 11) is 0. The van der Waals surface area contributed by atoms with Crippen LogP contribution in [0.3, 0.4) is 0 Å². The summed E-state index contributed by atoms with van der Waals surface area (Å²) in [6.45, 7) is 14.7. The molecule has 0 aromatic carbocycles. The quantitative estimate of drug-likeness (QED) is 0.182. The van der Waals surface area contributed by atoms with Gasteiger partial charge in [0.25, 0.3) is 0 Å². The van der Waals surface area contributed by atoms with E-state index in [4.69, 9.17) is 18.9 Å².